The van der Waals surface area contributed by atoms with E-state index in [1.165, 1.54) is 19.3 Å². The van der Waals surface area contributed by atoms with Crippen LogP contribution in [0.4, 0.5) is 11.4 Å². The van der Waals surface area contributed by atoms with Crippen molar-refractivity contribution < 1.29 is 0 Å². The number of benzene rings is 1. The van der Waals surface area contributed by atoms with Gasteiger partial charge in [0.2, 0.25) is 0 Å². The van der Waals surface area contributed by atoms with Crippen molar-refractivity contribution in [2.75, 3.05) is 18.0 Å². The van der Waals surface area contributed by atoms with Gasteiger partial charge in [-0.3, -0.25) is 4.99 Å². The SMILES string of the molecule is CCCCCCN=C(N)c1ccc(N)c(N)c1. The van der Waals surface area contributed by atoms with Crippen LogP contribution >= 0.6 is 0 Å². The van der Waals surface area contributed by atoms with Gasteiger partial charge in [0.15, 0.2) is 0 Å². The lowest BCUT2D eigenvalue weighted by Gasteiger charge is -2.04. The van der Waals surface area contributed by atoms with Gasteiger partial charge in [0, 0.05) is 12.1 Å². The number of anilines is 2. The van der Waals surface area contributed by atoms with Crippen molar-refractivity contribution in [3.8, 4) is 0 Å². The molecule has 0 aliphatic rings. The monoisotopic (exact) mass is 234 g/mol. The Kier molecular flexibility index (Phi) is 5.33. The van der Waals surface area contributed by atoms with E-state index < -0.39 is 0 Å². The minimum Gasteiger partial charge on any atom is -0.397 e. The number of aliphatic imine (C=N–C) groups is 1. The van der Waals surface area contributed by atoms with E-state index in [2.05, 4.69) is 11.9 Å². The topological polar surface area (TPSA) is 90.4 Å². The van der Waals surface area contributed by atoms with Crippen LogP contribution in [-0.2, 0) is 0 Å². The van der Waals surface area contributed by atoms with Crippen LogP contribution in [0.15, 0.2) is 23.2 Å². The highest BCUT2D eigenvalue weighted by molar-refractivity contribution is 5.98. The predicted octanol–water partition coefficient (Wildman–Crippen LogP) is 2.14. The first-order valence-corrected chi connectivity index (χ1v) is 6.10. The van der Waals surface area contributed by atoms with Gasteiger partial charge >= 0.3 is 0 Å². The van der Waals surface area contributed by atoms with Crippen molar-refractivity contribution in [2.24, 2.45) is 10.7 Å². The van der Waals surface area contributed by atoms with Gasteiger partial charge in [0.05, 0.1) is 11.4 Å². The van der Waals surface area contributed by atoms with Gasteiger partial charge in [-0.05, 0) is 24.6 Å². The summed E-state index contributed by atoms with van der Waals surface area (Å²) < 4.78 is 0. The number of nitrogens with two attached hydrogens (primary N) is 3. The third-order valence-corrected chi connectivity index (χ3v) is 2.68. The fourth-order valence-corrected chi connectivity index (χ4v) is 1.56. The molecular weight excluding hydrogens is 212 g/mol. The summed E-state index contributed by atoms with van der Waals surface area (Å²) in [6.07, 6.45) is 4.77. The summed E-state index contributed by atoms with van der Waals surface area (Å²) in [5.41, 5.74) is 19.2. The maximum Gasteiger partial charge on any atom is 0.125 e. The number of hydrogen-bond donors (Lipinski definition) is 3. The molecule has 0 saturated carbocycles. The molecule has 1 rings (SSSR count). The summed E-state index contributed by atoms with van der Waals surface area (Å²) in [6, 6.07) is 5.36. The molecule has 6 N–H and O–H groups in total. The van der Waals surface area contributed by atoms with Gasteiger partial charge in [0.25, 0.3) is 0 Å². The van der Waals surface area contributed by atoms with Crippen LogP contribution in [0.2, 0.25) is 0 Å². The van der Waals surface area contributed by atoms with Crippen LogP contribution in [0.25, 0.3) is 0 Å². The molecule has 0 saturated heterocycles. The molecule has 0 aliphatic carbocycles. The van der Waals surface area contributed by atoms with E-state index in [1.54, 1.807) is 12.1 Å². The molecule has 0 unspecified atom stereocenters. The molecule has 4 nitrogen and oxygen atoms in total. The van der Waals surface area contributed by atoms with Crippen LogP contribution in [0, 0.1) is 0 Å². The normalized spacial score (nSPS) is 11.7. The fraction of sp³-hybridized carbons (Fsp3) is 0.462. The van der Waals surface area contributed by atoms with Gasteiger partial charge in [-0.1, -0.05) is 26.2 Å². The number of hydrogen-bond acceptors (Lipinski definition) is 3. The van der Waals surface area contributed by atoms with Crippen molar-refractivity contribution in [3.05, 3.63) is 23.8 Å². The standard InChI is InChI=1S/C13H22N4/c1-2-3-4-5-8-17-13(16)10-6-7-11(14)12(15)9-10/h6-7,9H,2-5,8,14-15H2,1H3,(H2,16,17). The number of nitrogens with zero attached hydrogens (tertiary/aromatic N) is 1. The molecule has 0 atom stereocenters. The van der Waals surface area contributed by atoms with Crippen LogP contribution in [0.1, 0.15) is 38.2 Å². The lowest BCUT2D eigenvalue weighted by Crippen LogP contribution is -2.14. The van der Waals surface area contributed by atoms with Crippen LogP contribution < -0.4 is 17.2 Å². The molecule has 0 radical (unpaired) electrons. The van der Waals surface area contributed by atoms with Gasteiger partial charge in [-0.2, -0.15) is 0 Å². The second kappa shape index (κ2) is 6.78. The maximum absolute atomic E-state index is 5.88. The first kappa shape index (κ1) is 13.4. The Hall–Kier alpha value is -1.71. The molecule has 1 aromatic rings. The predicted molar refractivity (Wildman–Crippen MR) is 75.0 cm³/mol. The zero-order valence-corrected chi connectivity index (χ0v) is 10.4. The van der Waals surface area contributed by atoms with Crippen molar-refractivity contribution in [1.29, 1.82) is 0 Å². The Morgan fingerprint density at radius 2 is 1.88 bits per heavy atom. The van der Waals surface area contributed by atoms with Gasteiger partial charge in [-0.25, -0.2) is 0 Å². The number of amidine groups is 1. The van der Waals surface area contributed by atoms with E-state index in [9.17, 15) is 0 Å². The Labute approximate surface area is 103 Å². The largest absolute Gasteiger partial charge is 0.397 e. The van der Waals surface area contributed by atoms with E-state index in [-0.39, 0.29) is 0 Å². The molecule has 0 amide bonds. The highest BCUT2D eigenvalue weighted by atomic mass is 14.8. The Balaban J connectivity index is 2.53. The summed E-state index contributed by atoms with van der Waals surface area (Å²) in [6.45, 7) is 2.96. The maximum atomic E-state index is 5.88. The molecular formula is C13H22N4. The zero-order valence-electron chi connectivity index (χ0n) is 10.4. The first-order chi connectivity index (χ1) is 8.15. The molecule has 0 bridgehead atoms. The quantitative estimate of drug-likeness (QED) is 0.305. The van der Waals surface area contributed by atoms with Crippen molar-refractivity contribution >= 4 is 17.2 Å². The van der Waals surface area contributed by atoms with E-state index in [1.807, 2.05) is 6.07 Å². The van der Waals surface area contributed by atoms with Gasteiger partial charge < -0.3 is 17.2 Å². The summed E-state index contributed by atoms with van der Waals surface area (Å²) in [4.78, 5) is 4.34. The molecule has 0 aliphatic heterocycles. The summed E-state index contributed by atoms with van der Waals surface area (Å²) >= 11 is 0. The molecule has 0 heterocycles. The molecule has 0 aromatic heterocycles. The molecule has 17 heavy (non-hydrogen) atoms. The van der Waals surface area contributed by atoms with Crippen LogP contribution in [0.3, 0.4) is 0 Å². The van der Waals surface area contributed by atoms with Crippen molar-refractivity contribution in [1.82, 2.24) is 0 Å². The van der Waals surface area contributed by atoms with E-state index in [4.69, 9.17) is 17.2 Å². The Morgan fingerprint density at radius 1 is 1.12 bits per heavy atom. The number of unbranched alkanes of at least 4 members (excludes halogenated alkanes) is 3. The fourth-order valence-electron chi connectivity index (χ4n) is 1.56. The lowest BCUT2D eigenvalue weighted by atomic mass is 10.1. The van der Waals surface area contributed by atoms with Crippen LogP contribution in [0.5, 0.6) is 0 Å². The zero-order chi connectivity index (χ0) is 12.7. The molecule has 1 aromatic carbocycles. The van der Waals surface area contributed by atoms with E-state index >= 15 is 0 Å². The second-order valence-electron chi connectivity index (χ2n) is 4.17. The highest BCUT2D eigenvalue weighted by Gasteiger charge is 2.00. The number of rotatable bonds is 6. The van der Waals surface area contributed by atoms with Crippen LogP contribution in [-0.4, -0.2) is 12.4 Å². The molecule has 4 heteroatoms. The smallest absolute Gasteiger partial charge is 0.125 e. The number of nitrogen functional groups attached to an aromatic ring is 2. The van der Waals surface area contributed by atoms with E-state index in [0.717, 1.165) is 18.5 Å². The minimum absolute atomic E-state index is 0.535. The third kappa shape index (κ3) is 4.34. The van der Waals surface area contributed by atoms with Crippen molar-refractivity contribution in [3.63, 3.8) is 0 Å². The summed E-state index contributed by atoms with van der Waals surface area (Å²) in [5.74, 6) is 0.535. The molecule has 0 spiro atoms. The van der Waals surface area contributed by atoms with Gasteiger partial charge in [0.1, 0.15) is 5.84 Å². The highest BCUT2D eigenvalue weighted by Crippen LogP contribution is 2.15. The van der Waals surface area contributed by atoms with E-state index in [0.29, 0.717) is 17.2 Å². The van der Waals surface area contributed by atoms with Gasteiger partial charge in [-0.15, -0.1) is 0 Å². The van der Waals surface area contributed by atoms with Crippen molar-refractivity contribution in [2.45, 2.75) is 32.6 Å². The summed E-state index contributed by atoms with van der Waals surface area (Å²) in [5, 5.41) is 0. The summed E-state index contributed by atoms with van der Waals surface area (Å²) in [7, 11) is 0. The average molecular weight is 234 g/mol. The molecule has 0 fully saturated rings. The second-order valence-corrected chi connectivity index (χ2v) is 4.17. The third-order valence-electron chi connectivity index (χ3n) is 2.68. The first-order valence-electron chi connectivity index (χ1n) is 6.10. The lowest BCUT2D eigenvalue weighted by molar-refractivity contribution is 0.675. The Bertz CT molecular complexity index is 385. The average Bonchev–Trinajstić information content (AvgIpc) is 2.32. The minimum atomic E-state index is 0.535. The molecule has 94 valence electrons. The Morgan fingerprint density at radius 3 is 2.53 bits per heavy atom.